The van der Waals surface area contributed by atoms with E-state index < -0.39 is 0 Å². The summed E-state index contributed by atoms with van der Waals surface area (Å²) in [6, 6.07) is 18.1. The molecule has 0 saturated carbocycles. The Morgan fingerprint density at radius 3 is 2.50 bits per heavy atom. The van der Waals surface area contributed by atoms with Gasteiger partial charge in [-0.15, -0.1) is 0 Å². The number of pyridine rings is 3. The number of nitrogens with zero attached hydrogens (tertiary/aromatic N) is 5. The van der Waals surface area contributed by atoms with Crippen LogP contribution in [0.1, 0.15) is 29.0 Å². The van der Waals surface area contributed by atoms with Crippen molar-refractivity contribution >= 4 is 17.3 Å². The molecule has 0 aromatic carbocycles. The molecule has 0 unspecified atom stereocenters. The van der Waals surface area contributed by atoms with E-state index in [1.165, 1.54) is 0 Å². The predicted octanol–water partition coefficient (Wildman–Crippen LogP) is 3.84. The summed E-state index contributed by atoms with van der Waals surface area (Å²) in [5, 5.41) is 4.21. The third-order valence-electron chi connectivity index (χ3n) is 5.28. The number of thiocarbonyl (C=S) groups is 1. The standard InChI is InChI=1S/C23H20N6S/c30-23-27-21(19-8-1-2-12-26-19)22(29(23)16-17-6-3-10-24-14-17)20-9-5-13-28(20)18-7-4-11-25-15-18/h1-15,21-22H,16H2,(H,27,30)/t21-,22-/m0/s1. The van der Waals surface area contributed by atoms with Crippen LogP contribution >= 0.6 is 12.2 Å². The Hall–Kier alpha value is -3.58. The summed E-state index contributed by atoms with van der Waals surface area (Å²) in [6.07, 6.45) is 11.2. The molecular weight excluding hydrogens is 392 g/mol. The van der Waals surface area contributed by atoms with Crippen LogP contribution in [0.4, 0.5) is 0 Å². The summed E-state index contributed by atoms with van der Waals surface area (Å²) < 4.78 is 2.17. The van der Waals surface area contributed by atoms with Crippen LogP contribution in [0, 0.1) is 0 Å². The quantitative estimate of drug-likeness (QED) is 0.503. The fraction of sp³-hybridized carbons (Fsp3) is 0.130. The highest BCUT2D eigenvalue weighted by Gasteiger charge is 2.41. The molecule has 1 saturated heterocycles. The molecule has 0 spiro atoms. The zero-order valence-electron chi connectivity index (χ0n) is 16.2. The van der Waals surface area contributed by atoms with E-state index in [0.29, 0.717) is 11.7 Å². The Bertz CT molecular complexity index is 1130. The van der Waals surface area contributed by atoms with Gasteiger partial charge in [0.25, 0.3) is 0 Å². The Morgan fingerprint density at radius 2 is 1.77 bits per heavy atom. The second kappa shape index (κ2) is 8.04. The molecule has 0 bridgehead atoms. The summed E-state index contributed by atoms with van der Waals surface area (Å²) in [6.45, 7) is 0.659. The molecule has 148 valence electrons. The van der Waals surface area contributed by atoms with Gasteiger partial charge in [0.15, 0.2) is 5.11 Å². The number of aromatic nitrogens is 4. The first-order valence-corrected chi connectivity index (χ1v) is 10.2. The van der Waals surface area contributed by atoms with Crippen molar-refractivity contribution in [3.05, 3.63) is 109 Å². The van der Waals surface area contributed by atoms with Gasteiger partial charge >= 0.3 is 0 Å². The zero-order valence-corrected chi connectivity index (χ0v) is 17.0. The summed E-state index contributed by atoms with van der Waals surface area (Å²) in [5.74, 6) is 0. The molecule has 1 aliphatic rings. The predicted molar refractivity (Wildman–Crippen MR) is 119 cm³/mol. The van der Waals surface area contributed by atoms with E-state index in [1.807, 2.05) is 48.9 Å². The van der Waals surface area contributed by atoms with Crippen LogP contribution < -0.4 is 5.32 Å². The minimum atomic E-state index is -0.0688. The van der Waals surface area contributed by atoms with Crippen LogP contribution in [0.15, 0.2) is 91.8 Å². The number of hydrogen-bond acceptors (Lipinski definition) is 4. The van der Waals surface area contributed by atoms with Crippen molar-refractivity contribution in [2.24, 2.45) is 0 Å². The number of nitrogens with one attached hydrogen (secondary N) is 1. The van der Waals surface area contributed by atoms with Gasteiger partial charge < -0.3 is 14.8 Å². The van der Waals surface area contributed by atoms with Gasteiger partial charge in [0, 0.05) is 43.2 Å². The minimum Gasteiger partial charge on any atom is -0.352 e. The summed E-state index contributed by atoms with van der Waals surface area (Å²) in [7, 11) is 0. The van der Waals surface area contributed by atoms with Crippen molar-refractivity contribution < 1.29 is 0 Å². The lowest BCUT2D eigenvalue weighted by molar-refractivity contribution is 0.302. The molecule has 1 aliphatic heterocycles. The van der Waals surface area contributed by atoms with Crippen LogP contribution in [0.25, 0.3) is 5.69 Å². The summed E-state index contributed by atoms with van der Waals surface area (Å²) in [4.78, 5) is 15.4. The van der Waals surface area contributed by atoms with Gasteiger partial charge in [-0.05, 0) is 60.2 Å². The van der Waals surface area contributed by atoms with Gasteiger partial charge in [-0.2, -0.15) is 0 Å². The number of rotatable bonds is 5. The maximum Gasteiger partial charge on any atom is 0.170 e. The van der Waals surface area contributed by atoms with E-state index in [4.69, 9.17) is 12.2 Å². The van der Waals surface area contributed by atoms with E-state index in [-0.39, 0.29) is 12.1 Å². The molecular formula is C23H20N6S. The van der Waals surface area contributed by atoms with E-state index >= 15 is 0 Å². The van der Waals surface area contributed by atoms with Crippen molar-refractivity contribution in [2.45, 2.75) is 18.6 Å². The highest BCUT2D eigenvalue weighted by molar-refractivity contribution is 7.80. The number of hydrogen-bond donors (Lipinski definition) is 1. The second-order valence-electron chi connectivity index (χ2n) is 7.13. The molecule has 0 aliphatic carbocycles. The zero-order chi connectivity index (χ0) is 20.3. The Kier molecular flexibility index (Phi) is 4.94. The average Bonchev–Trinajstić information content (AvgIpc) is 3.40. The van der Waals surface area contributed by atoms with Crippen LogP contribution in [0.3, 0.4) is 0 Å². The van der Waals surface area contributed by atoms with Gasteiger partial charge in [0.2, 0.25) is 0 Å². The van der Waals surface area contributed by atoms with E-state index in [2.05, 4.69) is 60.2 Å². The van der Waals surface area contributed by atoms with Crippen molar-refractivity contribution in [1.82, 2.24) is 29.7 Å². The lowest BCUT2D eigenvalue weighted by Crippen LogP contribution is -2.30. The molecule has 30 heavy (non-hydrogen) atoms. The van der Waals surface area contributed by atoms with E-state index in [1.54, 1.807) is 12.4 Å². The molecule has 5 heterocycles. The fourth-order valence-electron chi connectivity index (χ4n) is 3.95. The molecule has 6 nitrogen and oxygen atoms in total. The minimum absolute atomic E-state index is 0.0391. The van der Waals surface area contributed by atoms with Crippen molar-refractivity contribution in [3.8, 4) is 5.69 Å². The van der Waals surface area contributed by atoms with Crippen molar-refractivity contribution in [3.63, 3.8) is 0 Å². The molecule has 1 N–H and O–H groups in total. The first-order chi connectivity index (χ1) is 14.8. The van der Waals surface area contributed by atoms with E-state index in [9.17, 15) is 0 Å². The average molecular weight is 413 g/mol. The second-order valence-corrected chi connectivity index (χ2v) is 7.52. The molecule has 5 rings (SSSR count). The highest BCUT2D eigenvalue weighted by atomic mass is 32.1. The van der Waals surface area contributed by atoms with Gasteiger partial charge in [-0.1, -0.05) is 12.1 Å². The smallest absolute Gasteiger partial charge is 0.170 e. The van der Waals surface area contributed by atoms with Crippen LogP contribution in [-0.4, -0.2) is 29.5 Å². The van der Waals surface area contributed by atoms with Crippen molar-refractivity contribution in [2.75, 3.05) is 0 Å². The largest absolute Gasteiger partial charge is 0.352 e. The van der Waals surface area contributed by atoms with Crippen LogP contribution in [0.2, 0.25) is 0 Å². The fourth-order valence-corrected chi connectivity index (χ4v) is 4.26. The summed E-state index contributed by atoms with van der Waals surface area (Å²) >= 11 is 5.77. The highest BCUT2D eigenvalue weighted by Crippen LogP contribution is 2.40. The maximum absolute atomic E-state index is 5.77. The monoisotopic (exact) mass is 412 g/mol. The van der Waals surface area contributed by atoms with Crippen LogP contribution in [-0.2, 0) is 6.54 Å². The molecule has 0 amide bonds. The third-order valence-corrected chi connectivity index (χ3v) is 5.63. The Labute approximate surface area is 180 Å². The van der Waals surface area contributed by atoms with Gasteiger partial charge in [-0.25, -0.2) is 0 Å². The lowest BCUT2D eigenvalue weighted by Gasteiger charge is -2.29. The van der Waals surface area contributed by atoms with Gasteiger partial charge in [0.05, 0.1) is 29.7 Å². The van der Waals surface area contributed by atoms with Crippen molar-refractivity contribution in [1.29, 1.82) is 0 Å². The molecule has 0 radical (unpaired) electrons. The normalized spacial score (nSPS) is 18.4. The maximum atomic E-state index is 5.77. The molecule has 4 aromatic heterocycles. The Morgan fingerprint density at radius 1 is 0.900 bits per heavy atom. The van der Waals surface area contributed by atoms with Gasteiger partial charge in [0.1, 0.15) is 0 Å². The molecule has 1 fully saturated rings. The first-order valence-electron chi connectivity index (χ1n) is 9.76. The van der Waals surface area contributed by atoms with E-state index in [0.717, 1.165) is 22.6 Å². The molecule has 7 heteroatoms. The first kappa shape index (κ1) is 18.4. The van der Waals surface area contributed by atoms with Crippen LogP contribution in [0.5, 0.6) is 0 Å². The third kappa shape index (κ3) is 3.44. The topological polar surface area (TPSA) is 58.9 Å². The van der Waals surface area contributed by atoms with Gasteiger partial charge in [-0.3, -0.25) is 15.0 Å². The summed E-state index contributed by atoms with van der Waals surface area (Å²) in [5.41, 5.74) is 4.19. The lowest BCUT2D eigenvalue weighted by atomic mass is 10.0. The SMILES string of the molecule is S=C1N[C@@H](c2ccccn2)[C@H](c2cccn2-c2cccnc2)N1Cc1cccnc1. The molecule has 2 atom stereocenters. The Balaban J connectivity index is 1.60. The molecule has 4 aromatic rings.